The van der Waals surface area contributed by atoms with Crippen LogP contribution in [0.4, 0.5) is 0 Å². The molecular formula is C17H30N4O. The normalized spacial score (nSPS) is 18.2. The summed E-state index contributed by atoms with van der Waals surface area (Å²) in [5.74, 6) is 2.37. The first kappa shape index (κ1) is 16.9. The lowest BCUT2D eigenvalue weighted by atomic mass is 10.1. The van der Waals surface area contributed by atoms with Gasteiger partial charge in [0.05, 0.1) is 6.26 Å². The van der Waals surface area contributed by atoms with Gasteiger partial charge >= 0.3 is 0 Å². The van der Waals surface area contributed by atoms with Crippen molar-refractivity contribution in [1.82, 2.24) is 15.5 Å². The zero-order chi connectivity index (χ0) is 15.6. The van der Waals surface area contributed by atoms with Crippen LogP contribution in [0, 0.1) is 5.92 Å². The van der Waals surface area contributed by atoms with Gasteiger partial charge < -0.3 is 20.0 Å². The van der Waals surface area contributed by atoms with Gasteiger partial charge in [-0.2, -0.15) is 0 Å². The predicted octanol–water partition coefficient (Wildman–Crippen LogP) is 2.46. The van der Waals surface area contributed by atoms with Crippen molar-refractivity contribution in [3.8, 4) is 0 Å². The molecule has 124 valence electrons. The van der Waals surface area contributed by atoms with Crippen LogP contribution in [0.3, 0.4) is 0 Å². The van der Waals surface area contributed by atoms with Gasteiger partial charge in [-0.1, -0.05) is 13.3 Å². The minimum absolute atomic E-state index is 0.572. The maximum atomic E-state index is 5.32. The molecule has 0 aliphatic carbocycles. The molecule has 1 aliphatic heterocycles. The van der Waals surface area contributed by atoms with E-state index in [1.54, 1.807) is 6.26 Å². The average molecular weight is 306 g/mol. The number of likely N-dealkylation sites (tertiary alicyclic amines) is 1. The maximum absolute atomic E-state index is 5.32. The molecule has 1 aromatic heterocycles. The van der Waals surface area contributed by atoms with Gasteiger partial charge in [-0.15, -0.1) is 0 Å². The van der Waals surface area contributed by atoms with Gasteiger partial charge in [0, 0.05) is 19.6 Å². The van der Waals surface area contributed by atoms with E-state index in [-0.39, 0.29) is 0 Å². The van der Waals surface area contributed by atoms with Gasteiger partial charge in [-0.3, -0.25) is 0 Å². The number of hydrogen-bond acceptors (Lipinski definition) is 3. The fraction of sp³-hybridized carbons (Fsp3) is 0.706. The lowest BCUT2D eigenvalue weighted by Crippen LogP contribution is -2.42. The summed E-state index contributed by atoms with van der Waals surface area (Å²) in [6, 6.07) is 3.85. The molecule has 1 aromatic rings. The highest BCUT2D eigenvalue weighted by atomic mass is 16.3. The van der Waals surface area contributed by atoms with E-state index in [1.165, 1.54) is 38.9 Å². The second-order valence-electron chi connectivity index (χ2n) is 6.12. The average Bonchev–Trinajstić information content (AvgIpc) is 3.04. The molecule has 0 radical (unpaired) electrons. The Balaban J connectivity index is 1.73. The van der Waals surface area contributed by atoms with Crippen molar-refractivity contribution < 1.29 is 4.42 Å². The molecule has 0 saturated carbocycles. The van der Waals surface area contributed by atoms with Crippen LogP contribution in [0.25, 0.3) is 0 Å². The predicted molar refractivity (Wildman–Crippen MR) is 91.0 cm³/mol. The Morgan fingerprint density at radius 3 is 2.82 bits per heavy atom. The maximum Gasteiger partial charge on any atom is 0.191 e. The number of piperidine rings is 1. The Hall–Kier alpha value is -1.49. The van der Waals surface area contributed by atoms with Crippen molar-refractivity contribution in [2.24, 2.45) is 10.9 Å². The highest BCUT2D eigenvalue weighted by Crippen LogP contribution is 2.10. The molecule has 0 aromatic carbocycles. The SMILES string of the molecule is CCNC(=NCc1ccco1)NCC(C)CN1CCCCC1. The second kappa shape index (κ2) is 9.51. The van der Waals surface area contributed by atoms with E-state index in [9.17, 15) is 0 Å². The lowest BCUT2D eigenvalue weighted by Gasteiger charge is -2.29. The van der Waals surface area contributed by atoms with E-state index in [2.05, 4.69) is 34.4 Å². The molecule has 1 atom stereocenters. The summed E-state index contributed by atoms with van der Waals surface area (Å²) in [6.07, 6.45) is 5.79. The molecule has 2 heterocycles. The summed E-state index contributed by atoms with van der Waals surface area (Å²) >= 11 is 0. The molecule has 22 heavy (non-hydrogen) atoms. The smallest absolute Gasteiger partial charge is 0.191 e. The molecule has 1 saturated heterocycles. The van der Waals surface area contributed by atoms with E-state index in [4.69, 9.17) is 4.42 Å². The fourth-order valence-corrected chi connectivity index (χ4v) is 2.82. The van der Waals surface area contributed by atoms with E-state index in [0.29, 0.717) is 12.5 Å². The van der Waals surface area contributed by atoms with E-state index in [0.717, 1.165) is 24.8 Å². The van der Waals surface area contributed by atoms with Crippen LogP contribution in [0.15, 0.2) is 27.8 Å². The Bertz CT molecular complexity index is 424. The molecule has 5 nitrogen and oxygen atoms in total. The van der Waals surface area contributed by atoms with Crippen molar-refractivity contribution in [3.63, 3.8) is 0 Å². The Morgan fingerprint density at radius 2 is 2.14 bits per heavy atom. The van der Waals surface area contributed by atoms with Crippen LogP contribution in [0.2, 0.25) is 0 Å². The van der Waals surface area contributed by atoms with Gasteiger partial charge in [0.15, 0.2) is 5.96 Å². The van der Waals surface area contributed by atoms with E-state index >= 15 is 0 Å². The van der Waals surface area contributed by atoms with Crippen molar-refractivity contribution in [2.75, 3.05) is 32.7 Å². The first-order chi connectivity index (χ1) is 10.8. The minimum atomic E-state index is 0.572. The quantitative estimate of drug-likeness (QED) is 0.600. The highest BCUT2D eigenvalue weighted by Gasteiger charge is 2.13. The van der Waals surface area contributed by atoms with Gasteiger partial charge in [-0.05, 0) is 50.9 Å². The van der Waals surface area contributed by atoms with E-state index < -0.39 is 0 Å². The molecule has 5 heteroatoms. The first-order valence-electron chi connectivity index (χ1n) is 8.55. The van der Waals surface area contributed by atoms with Crippen LogP contribution in [0.1, 0.15) is 38.9 Å². The van der Waals surface area contributed by atoms with Gasteiger partial charge in [0.25, 0.3) is 0 Å². The van der Waals surface area contributed by atoms with Gasteiger partial charge in [0.1, 0.15) is 12.3 Å². The van der Waals surface area contributed by atoms with Crippen LogP contribution >= 0.6 is 0 Å². The molecular weight excluding hydrogens is 276 g/mol. The fourth-order valence-electron chi connectivity index (χ4n) is 2.82. The summed E-state index contributed by atoms with van der Waals surface area (Å²) < 4.78 is 5.32. The van der Waals surface area contributed by atoms with Crippen molar-refractivity contribution >= 4 is 5.96 Å². The number of rotatable bonds is 7. The topological polar surface area (TPSA) is 52.8 Å². The molecule has 0 spiro atoms. The van der Waals surface area contributed by atoms with Crippen LogP contribution in [-0.2, 0) is 6.54 Å². The van der Waals surface area contributed by atoms with Crippen molar-refractivity contribution in [2.45, 2.75) is 39.7 Å². The van der Waals surface area contributed by atoms with Crippen molar-refractivity contribution in [3.05, 3.63) is 24.2 Å². The molecule has 0 bridgehead atoms. The monoisotopic (exact) mass is 306 g/mol. The van der Waals surface area contributed by atoms with Crippen LogP contribution < -0.4 is 10.6 Å². The Labute approximate surface area is 134 Å². The molecule has 2 rings (SSSR count). The number of nitrogens with zero attached hydrogens (tertiary/aromatic N) is 2. The summed E-state index contributed by atoms with van der Waals surface area (Å²) in [5.41, 5.74) is 0. The second-order valence-corrected chi connectivity index (χ2v) is 6.12. The summed E-state index contributed by atoms with van der Waals surface area (Å²) in [6.45, 7) is 10.5. The number of furan rings is 1. The van der Waals surface area contributed by atoms with E-state index in [1.807, 2.05) is 12.1 Å². The molecule has 1 fully saturated rings. The van der Waals surface area contributed by atoms with Crippen molar-refractivity contribution in [1.29, 1.82) is 0 Å². The largest absolute Gasteiger partial charge is 0.467 e. The Kier molecular flexibility index (Phi) is 7.30. The molecule has 0 amide bonds. The zero-order valence-electron chi connectivity index (χ0n) is 14.0. The molecule has 1 aliphatic rings. The standard InChI is InChI=1S/C17H30N4O/c1-3-18-17(20-13-16-8-7-11-22-16)19-12-15(2)14-21-9-5-4-6-10-21/h7-8,11,15H,3-6,9-10,12-14H2,1-2H3,(H2,18,19,20). The molecule has 1 unspecified atom stereocenters. The highest BCUT2D eigenvalue weighted by molar-refractivity contribution is 5.79. The number of aliphatic imine (C=N–C) groups is 1. The third-order valence-corrected chi connectivity index (χ3v) is 3.95. The van der Waals surface area contributed by atoms with Crippen LogP contribution in [0.5, 0.6) is 0 Å². The summed E-state index contributed by atoms with van der Waals surface area (Å²) in [5, 5.41) is 6.73. The number of hydrogen-bond donors (Lipinski definition) is 2. The lowest BCUT2D eigenvalue weighted by molar-refractivity contribution is 0.201. The van der Waals surface area contributed by atoms with Gasteiger partial charge in [0.2, 0.25) is 0 Å². The summed E-state index contributed by atoms with van der Waals surface area (Å²) in [4.78, 5) is 7.15. The number of guanidine groups is 1. The first-order valence-corrected chi connectivity index (χ1v) is 8.55. The third-order valence-electron chi connectivity index (χ3n) is 3.95. The Morgan fingerprint density at radius 1 is 1.32 bits per heavy atom. The van der Waals surface area contributed by atoms with Gasteiger partial charge in [-0.25, -0.2) is 4.99 Å². The minimum Gasteiger partial charge on any atom is -0.467 e. The molecule has 2 N–H and O–H groups in total. The third kappa shape index (κ3) is 6.10. The number of nitrogens with one attached hydrogen (secondary N) is 2. The van der Waals surface area contributed by atoms with Crippen LogP contribution in [-0.4, -0.2) is 43.6 Å². The summed E-state index contributed by atoms with van der Waals surface area (Å²) in [7, 11) is 0. The zero-order valence-corrected chi connectivity index (χ0v) is 14.0.